The summed E-state index contributed by atoms with van der Waals surface area (Å²) in [6.07, 6.45) is 5.29. The highest BCUT2D eigenvalue weighted by atomic mass is 32.2. The molecule has 4 rings (SSSR count). The lowest BCUT2D eigenvalue weighted by molar-refractivity contribution is 0.385. The Balaban J connectivity index is 1.70. The topological polar surface area (TPSA) is 85.6 Å². The van der Waals surface area contributed by atoms with Crippen LogP contribution in [0.25, 0.3) is 17.0 Å². The van der Waals surface area contributed by atoms with Crippen LogP contribution in [-0.2, 0) is 10.0 Å². The lowest BCUT2D eigenvalue weighted by atomic mass is 10.1. The van der Waals surface area contributed by atoms with Crippen LogP contribution >= 0.6 is 0 Å². The minimum Gasteiger partial charge on any atom is -0.494 e. The zero-order valence-electron chi connectivity index (χ0n) is 15.6. The number of benzene rings is 2. The maximum absolute atomic E-state index is 14.0. The number of anilines is 1. The fraction of sp³-hybridized carbons (Fsp3) is 0.100. The molecule has 0 atom stereocenters. The average molecular weight is 412 g/mol. The van der Waals surface area contributed by atoms with E-state index in [1.807, 2.05) is 18.5 Å². The van der Waals surface area contributed by atoms with Crippen molar-refractivity contribution in [1.82, 2.24) is 14.4 Å². The van der Waals surface area contributed by atoms with E-state index >= 15 is 0 Å². The Hall–Kier alpha value is -3.46. The first kappa shape index (κ1) is 18.9. The maximum Gasteiger partial charge on any atom is 0.262 e. The van der Waals surface area contributed by atoms with Gasteiger partial charge in [0.05, 0.1) is 23.4 Å². The fourth-order valence-electron chi connectivity index (χ4n) is 2.88. The first-order valence-corrected chi connectivity index (χ1v) is 10.1. The summed E-state index contributed by atoms with van der Waals surface area (Å²) in [6.45, 7) is 1.78. The summed E-state index contributed by atoms with van der Waals surface area (Å²) >= 11 is 0. The highest BCUT2D eigenvalue weighted by Gasteiger charge is 2.18. The van der Waals surface area contributed by atoms with Crippen LogP contribution in [0.15, 0.2) is 66.0 Å². The molecule has 0 amide bonds. The number of fused-ring (bicyclic) bond motifs is 1. The van der Waals surface area contributed by atoms with E-state index in [9.17, 15) is 12.8 Å². The Morgan fingerprint density at radius 1 is 1.17 bits per heavy atom. The highest BCUT2D eigenvalue weighted by Crippen LogP contribution is 2.28. The summed E-state index contributed by atoms with van der Waals surface area (Å²) in [5.41, 5.74) is 2.47. The van der Waals surface area contributed by atoms with E-state index < -0.39 is 15.8 Å². The smallest absolute Gasteiger partial charge is 0.262 e. The Labute approximate surface area is 166 Å². The molecule has 0 aliphatic heterocycles. The Kier molecular flexibility index (Phi) is 4.67. The Bertz CT molecular complexity index is 1290. The second-order valence-electron chi connectivity index (χ2n) is 6.38. The lowest BCUT2D eigenvalue weighted by Gasteiger charge is -2.12. The van der Waals surface area contributed by atoms with Crippen LogP contribution in [0.3, 0.4) is 0 Å². The summed E-state index contributed by atoms with van der Waals surface area (Å²) in [4.78, 5) is 8.44. The van der Waals surface area contributed by atoms with Gasteiger partial charge in [-0.25, -0.2) is 22.8 Å². The standard InChI is InChI=1S/C20H17FN4O3S/c1-13-4-5-14(18-12-25-9-3-8-22-20(25)23-18)10-17(13)24-29(26,27)15-6-7-19(28-2)16(21)11-15/h3-12,24H,1-2H3. The molecule has 0 aliphatic rings. The molecule has 4 aromatic rings. The molecule has 0 aliphatic carbocycles. The molecule has 0 fully saturated rings. The molecule has 2 aromatic carbocycles. The molecule has 0 saturated heterocycles. The van der Waals surface area contributed by atoms with Crippen molar-refractivity contribution in [1.29, 1.82) is 0 Å². The number of methoxy groups -OCH3 is 1. The number of aryl methyl sites for hydroxylation is 1. The molecule has 0 bridgehead atoms. The van der Waals surface area contributed by atoms with E-state index in [1.54, 1.807) is 35.7 Å². The number of rotatable bonds is 5. The van der Waals surface area contributed by atoms with Crippen molar-refractivity contribution in [3.63, 3.8) is 0 Å². The predicted molar refractivity (Wildman–Crippen MR) is 107 cm³/mol. The maximum atomic E-state index is 14.0. The third kappa shape index (κ3) is 3.64. The first-order chi connectivity index (χ1) is 13.9. The van der Waals surface area contributed by atoms with Gasteiger partial charge in [0.2, 0.25) is 5.78 Å². The molecule has 7 nitrogen and oxygen atoms in total. The van der Waals surface area contributed by atoms with Crippen LogP contribution in [0.5, 0.6) is 5.75 Å². The van der Waals surface area contributed by atoms with Crippen molar-refractivity contribution in [2.24, 2.45) is 0 Å². The van der Waals surface area contributed by atoms with Gasteiger partial charge < -0.3 is 4.74 Å². The monoisotopic (exact) mass is 412 g/mol. The van der Waals surface area contributed by atoms with Gasteiger partial charge in [-0.05, 0) is 42.8 Å². The number of sulfonamides is 1. The number of imidazole rings is 1. The van der Waals surface area contributed by atoms with Gasteiger partial charge >= 0.3 is 0 Å². The van der Waals surface area contributed by atoms with Crippen LogP contribution in [0, 0.1) is 12.7 Å². The van der Waals surface area contributed by atoms with Crippen molar-refractivity contribution in [3.05, 3.63) is 72.4 Å². The number of hydrogen-bond acceptors (Lipinski definition) is 5. The lowest BCUT2D eigenvalue weighted by Crippen LogP contribution is -2.14. The summed E-state index contributed by atoms with van der Waals surface area (Å²) in [5.74, 6) is -0.237. The van der Waals surface area contributed by atoms with Gasteiger partial charge in [0.25, 0.3) is 10.0 Å². The molecule has 2 aromatic heterocycles. The van der Waals surface area contributed by atoms with Crippen molar-refractivity contribution >= 4 is 21.5 Å². The molecule has 0 saturated carbocycles. The minimum absolute atomic E-state index is 0.0254. The third-order valence-electron chi connectivity index (χ3n) is 4.45. The summed E-state index contributed by atoms with van der Waals surface area (Å²) < 4.78 is 48.6. The molecule has 2 heterocycles. The normalized spacial score (nSPS) is 11.6. The largest absolute Gasteiger partial charge is 0.494 e. The molecule has 1 N–H and O–H groups in total. The minimum atomic E-state index is -3.99. The Morgan fingerprint density at radius 2 is 2.00 bits per heavy atom. The van der Waals surface area contributed by atoms with Crippen LogP contribution in [-0.4, -0.2) is 29.9 Å². The second kappa shape index (κ2) is 7.17. The SMILES string of the molecule is COc1ccc(S(=O)(=O)Nc2cc(-c3cn4cccnc4n3)ccc2C)cc1F. The molecule has 148 valence electrons. The van der Waals surface area contributed by atoms with Crippen LogP contribution in [0.4, 0.5) is 10.1 Å². The van der Waals surface area contributed by atoms with Gasteiger partial charge in [-0.3, -0.25) is 9.12 Å². The van der Waals surface area contributed by atoms with E-state index in [1.165, 1.54) is 19.2 Å². The number of halogens is 1. The zero-order chi connectivity index (χ0) is 20.6. The van der Waals surface area contributed by atoms with E-state index in [4.69, 9.17) is 4.74 Å². The molecular weight excluding hydrogens is 395 g/mol. The van der Waals surface area contributed by atoms with Crippen molar-refractivity contribution in [3.8, 4) is 17.0 Å². The van der Waals surface area contributed by atoms with Crippen LogP contribution in [0.1, 0.15) is 5.56 Å². The number of ether oxygens (including phenoxy) is 1. The van der Waals surface area contributed by atoms with E-state index in [2.05, 4.69) is 14.7 Å². The molecule has 29 heavy (non-hydrogen) atoms. The average Bonchev–Trinajstić information content (AvgIpc) is 3.13. The first-order valence-electron chi connectivity index (χ1n) is 8.64. The predicted octanol–water partition coefficient (Wildman–Crippen LogP) is 3.65. The van der Waals surface area contributed by atoms with E-state index in [-0.39, 0.29) is 10.6 Å². The Morgan fingerprint density at radius 3 is 2.72 bits per heavy atom. The molecular formula is C20H17FN4O3S. The summed E-state index contributed by atoms with van der Waals surface area (Å²) in [6, 6.07) is 10.6. The van der Waals surface area contributed by atoms with Crippen LogP contribution in [0.2, 0.25) is 0 Å². The number of hydrogen-bond donors (Lipinski definition) is 1. The molecule has 9 heteroatoms. The van der Waals surface area contributed by atoms with Gasteiger partial charge in [-0.1, -0.05) is 12.1 Å². The number of aromatic nitrogens is 3. The number of nitrogens with one attached hydrogen (secondary N) is 1. The molecule has 0 spiro atoms. The van der Waals surface area contributed by atoms with Gasteiger partial charge in [0, 0.05) is 24.2 Å². The second-order valence-corrected chi connectivity index (χ2v) is 8.07. The van der Waals surface area contributed by atoms with Gasteiger partial charge in [0.1, 0.15) is 0 Å². The fourth-order valence-corrected chi connectivity index (χ4v) is 4.01. The summed E-state index contributed by atoms with van der Waals surface area (Å²) in [5, 5.41) is 0. The van der Waals surface area contributed by atoms with Crippen LogP contribution < -0.4 is 9.46 Å². The van der Waals surface area contributed by atoms with E-state index in [0.29, 0.717) is 22.7 Å². The molecule has 0 radical (unpaired) electrons. The van der Waals surface area contributed by atoms with Gasteiger partial charge in [-0.15, -0.1) is 0 Å². The van der Waals surface area contributed by atoms with E-state index in [0.717, 1.165) is 11.6 Å². The van der Waals surface area contributed by atoms with Crippen molar-refractivity contribution < 1.29 is 17.5 Å². The quantitative estimate of drug-likeness (QED) is 0.541. The molecule has 0 unspecified atom stereocenters. The summed E-state index contributed by atoms with van der Waals surface area (Å²) in [7, 11) is -2.68. The zero-order valence-corrected chi connectivity index (χ0v) is 16.4. The van der Waals surface area contributed by atoms with Crippen molar-refractivity contribution in [2.45, 2.75) is 11.8 Å². The van der Waals surface area contributed by atoms with Gasteiger partial charge in [-0.2, -0.15) is 0 Å². The highest BCUT2D eigenvalue weighted by molar-refractivity contribution is 7.92. The number of nitrogens with zero attached hydrogens (tertiary/aromatic N) is 3. The van der Waals surface area contributed by atoms with Gasteiger partial charge in [0.15, 0.2) is 11.6 Å². The third-order valence-corrected chi connectivity index (χ3v) is 5.81. The van der Waals surface area contributed by atoms with Crippen molar-refractivity contribution in [2.75, 3.05) is 11.8 Å².